The second-order valence-corrected chi connectivity index (χ2v) is 6.13. The van der Waals surface area contributed by atoms with Gasteiger partial charge in [0.05, 0.1) is 17.1 Å². The third-order valence-electron chi connectivity index (χ3n) is 4.34. The Bertz CT molecular complexity index is 858. The SMILES string of the molecule is COCCn1c(C)c(C)c2ccnc(COc3ccccc3Cl)c21. The molecule has 5 heteroatoms. The van der Waals surface area contributed by atoms with E-state index in [1.807, 2.05) is 30.5 Å². The maximum Gasteiger partial charge on any atom is 0.138 e. The number of aryl methyl sites for hydroxylation is 1. The number of methoxy groups -OCH3 is 1. The lowest BCUT2D eigenvalue weighted by Crippen LogP contribution is -2.09. The number of halogens is 1. The minimum Gasteiger partial charge on any atom is -0.486 e. The first-order valence-electron chi connectivity index (χ1n) is 7.93. The molecule has 24 heavy (non-hydrogen) atoms. The Morgan fingerprint density at radius 3 is 2.71 bits per heavy atom. The van der Waals surface area contributed by atoms with Gasteiger partial charge in [0.2, 0.25) is 0 Å². The van der Waals surface area contributed by atoms with Crippen LogP contribution in [-0.2, 0) is 17.9 Å². The van der Waals surface area contributed by atoms with Gasteiger partial charge in [-0.05, 0) is 37.6 Å². The number of hydrogen-bond donors (Lipinski definition) is 0. The van der Waals surface area contributed by atoms with Crippen LogP contribution in [0.1, 0.15) is 17.0 Å². The van der Waals surface area contributed by atoms with Gasteiger partial charge in [-0.15, -0.1) is 0 Å². The van der Waals surface area contributed by atoms with Crippen molar-refractivity contribution in [1.82, 2.24) is 9.55 Å². The van der Waals surface area contributed by atoms with Crippen LogP contribution in [0, 0.1) is 13.8 Å². The number of benzene rings is 1. The van der Waals surface area contributed by atoms with Gasteiger partial charge in [-0.3, -0.25) is 4.98 Å². The van der Waals surface area contributed by atoms with Gasteiger partial charge < -0.3 is 14.0 Å². The number of rotatable bonds is 6. The zero-order chi connectivity index (χ0) is 17.1. The van der Waals surface area contributed by atoms with Crippen LogP contribution in [0.2, 0.25) is 5.02 Å². The summed E-state index contributed by atoms with van der Waals surface area (Å²) in [4.78, 5) is 4.55. The number of para-hydroxylation sites is 1. The van der Waals surface area contributed by atoms with E-state index in [0.29, 0.717) is 24.0 Å². The Balaban J connectivity index is 1.98. The molecule has 0 atom stereocenters. The van der Waals surface area contributed by atoms with Crippen molar-refractivity contribution in [3.05, 3.63) is 58.5 Å². The van der Waals surface area contributed by atoms with Crippen molar-refractivity contribution in [2.75, 3.05) is 13.7 Å². The average Bonchev–Trinajstić information content (AvgIpc) is 2.84. The molecule has 2 aromatic heterocycles. The Morgan fingerprint density at radius 2 is 1.96 bits per heavy atom. The molecule has 1 aromatic carbocycles. The van der Waals surface area contributed by atoms with Gasteiger partial charge in [-0.1, -0.05) is 23.7 Å². The molecule has 3 rings (SSSR count). The van der Waals surface area contributed by atoms with Gasteiger partial charge in [0.15, 0.2) is 0 Å². The van der Waals surface area contributed by atoms with E-state index in [-0.39, 0.29) is 0 Å². The average molecular weight is 345 g/mol. The molecule has 0 spiro atoms. The van der Waals surface area contributed by atoms with E-state index in [4.69, 9.17) is 21.1 Å². The minimum atomic E-state index is 0.372. The first-order chi connectivity index (χ1) is 11.6. The lowest BCUT2D eigenvalue weighted by molar-refractivity contribution is 0.187. The van der Waals surface area contributed by atoms with Crippen molar-refractivity contribution in [1.29, 1.82) is 0 Å². The zero-order valence-corrected chi connectivity index (χ0v) is 14.9. The number of hydrogen-bond acceptors (Lipinski definition) is 3. The van der Waals surface area contributed by atoms with Crippen molar-refractivity contribution < 1.29 is 9.47 Å². The second-order valence-electron chi connectivity index (χ2n) is 5.73. The fourth-order valence-corrected chi connectivity index (χ4v) is 3.13. The Morgan fingerprint density at radius 1 is 1.17 bits per heavy atom. The standard InChI is InChI=1S/C19H21ClN2O2/c1-13-14(2)22(10-11-23-3)19-15(13)8-9-21-17(19)12-24-18-7-5-4-6-16(18)20/h4-9H,10-12H2,1-3H3. The molecule has 2 heterocycles. The molecule has 126 valence electrons. The Kier molecular flexibility index (Phi) is 5.07. The van der Waals surface area contributed by atoms with E-state index in [9.17, 15) is 0 Å². The van der Waals surface area contributed by atoms with Gasteiger partial charge >= 0.3 is 0 Å². The molecule has 0 aliphatic heterocycles. The summed E-state index contributed by atoms with van der Waals surface area (Å²) >= 11 is 6.17. The second kappa shape index (κ2) is 7.24. The zero-order valence-electron chi connectivity index (χ0n) is 14.2. The van der Waals surface area contributed by atoms with Crippen LogP contribution in [0.3, 0.4) is 0 Å². The molecule has 0 N–H and O–H groups in total. The Labute approximate surface area is 147 Å². The number of pyridine rings is 1. The predicted molar refractivity (Wildman–Crippen MR) is 96.9 cm³/mol. The molecule has 0 amide bonds. The van der Waals surface area contributed by atoms with Gasteiger partial charge in [0, 0.05) is 30.9 Å². The van der Waals surface area contributed by atoms with Crippen LogP contribution in [-0.4, -0.2) is 23.3 Å². The molecule has 0 saturated carbocycles. The summed E-state index contributed by atoms with van der Waals surface area (Å²) in [6.07, 6.45) is 1.83. The van der Waals surface area contributed by atoms with Crippen LogP contribution < -0.4 is 4.74 Å². The quantitative estimate of drug-likeness (QED) is 0.659. The summed E-state index contributed by atoms with van der Waals surface area (Å²) in [6, 6.07) is 9.53. The molecular formula is C19H21ClN2O2. The topological polar surface area (TPSA) is 36.3 Å². The van der Waals surface area contributed by atoms with Crippen molar-refractivity contribution in [2.45, 2.75) is 27.0 Å². The van der Waals surface area contributed by atoms with Gasteiger partial charge in [0.1, 0.15) is 18.1 Å². The van der Waals surface area contributed by atoms with E-state index < -0.39 is 0 Å². The summed E-state index contributed by atoms with van der Waals surface area (Å²) in [5.41, 5.74) is 4.51. The summed E-state index contributed by atoms with van der Waals surface area (Å²) in [5, 5.41) is 1.81. The van der Waals surface area contributed by atoms with Crippen LogP contribution in [0.15, 0.2) is 36.5 Å². The molecule has 0 fully saturated rings. The third-order valence-corrected chi connectivity index (χ3v) is 4.65. The fraction of sp³-hybridized carbons (Fsp3) is 0.316. The van der Waals surface area contributed by atoms with Crippen LogP contribution in [0.25, 0.3) is 10.9 Å². The maximum absolute atomic E-state index is 6.17. The van der Waals surface area contributed by atoms with E-state index in [2.05, 4.69) is 29.5 Å². The molecule has 0 bridgehead atoms. The lowest BCUT2D eigenvalue weighted by atomic mass is 10.2. The van der Waals surface area contributed by atoms with Crippen molar-refractivity contribution in [2.24, 2.45) is 0 Å². The first-order valence-corrected chi connectivity index (χ1v) is 8.30. The number of aromatic nitrogens is 2. The van der Waals surface area contributed by atoms with E-state index in [1.54, 1.807) is 7.11 Å². The molecule has 0 saturated heterocycles. The van der Waals surface area contributed by atoms with Gasteiger partial charge in [0.25, 0.3) is 0 Å². The molecule has 4 nitrogen and oxygen atoms in total. The molecule has 0 unspecified atom stereocenters. The summed E-state index contributed by atoms with van der Waals surface area (Å²) < 4.78 is 13.4. The van der Waals surface area contributed by atoms with Crippen LogP contribution >= 0.6 is 11.6 Å². The fourth-order valence-electron chi connectivity index (χ4n) is 2.94. The van der Waals surface area contributed by atoms with Gasteiger partial charge in [-0.2, -0.15) is 0 Å². The largest absolute Gasteiger partial charge is 0.486 e. The molecular weight excluding hydrogens is 324 g/mol. The summed E-state index contributed by atoms with van der Waals surface area (Å²) in [6.45, 7) is 6.08. The molecule has 0 radical (unpaired) electrons. The highest BCUT2D eigenvalue weighted by atomic mass is 35.5. The number of fused-ring (bicyclic) bond motifs is 1. The number of ether oxygens (including phenoxy) is 2. The molecule has 0 aliphatic rings. The summed E-state index contributed by atoms with van der Waals surface area (Å²) in [7, 11) is 1.72. The molecule has 3 aromatic rings. The third kappa shape index (κ3) is 3.12. The van der Waals surface area contributed by atoms with Crippen molar-refractivity contribution >= 4 is 22.5 Å². The predicted octanol–water partition coefficient (Wildman–Crippen LogP) is 4.53. The highest BCUT2D eigenvalue weighted by molar-refractivity contribution is 6.32. The van der Waals surface area contributed by atoms with Crippen molar-refractivity contribution in [3.8, 4) is 5.75 Å². The van der Waals surface area contributed by atoms with Crippen LogP contribution in [0.4, 0.5) is 0 Å². The smallest absolute Gasteiger partial charge is 0.138 e. The maximum atomic E-state index is 6.17. The van der Waals surface area contributed by atoms with E-state index in [1.165, 1.54) is 16.6 Å². The highest BCUT2D eigenvalue weighted by Gasteiger charge is 2.15. The van der Waals surface area contributed by atoms with Gasteiger partial charge in [-0.25, -0.2) is 0 Å². The lowest BCUT2D eigenvalue weighted by Gasteiger charge is -2.12. The summed E-state index contributed by atoms with van der Waals surface area (Å²) in [5.74, 6) is 0.668. The monoisotopic (exact) mass is 344 g/mol. The van der Waals surface area contributed by atoms with Crippen LogP contribution in [0.5, 0.6) is 5.75 Å². The normalized spacial score (nSPS) is 11.2. The molecule has 0 aliphatic carbocycles. The van der Waals surface area contributed by atoms with E-state index in [0.717, 1.165) is 17.8 Å². The minimum absolute atomic E-state index is 0.372. The first kappa shape index (κ1) is 16.8. The van der Waals surface area contributed by atoms with Crippen molar-refractivity contribution in [3.63, 3.8) is 0 Å². The Hall–Kier alpha value is -2.04. The highest BCUT2D eigenvalue weighted by Crippen LogP contribution is 2.29. The van der Waals surface area contributed by atoms with E-state index >= 15 is 0 Å². The number of nitrogens with zero attached hydrogens (tertiary/aromatic N) is 2.